The van der Waals surface area contributed by atoms with E-state index in [2.05, 4.69) is 15.5 Å². The van der Waals surface area contributed by atoms with Crippen LogP contribution in [0, 0.1) is 0 Å². The van der Waals surface area contributed by atoms with E-state index in [1.54, 1.807) is 22.9 Å². The highest BCUT2D eigenvalue weighted by Crippen LogP contribution is 2.31. The van der Waals surface area contributed by atoms with Gasteiger partial charge in [0.25, 0.3) is 5.91 Å². The van der Waals surface area contributed by atoms with Crippen molar-refractivity contribution >= 4 is 40.0 Å². The predicted octanol–water partition coefficient (Wildman–Crippen LogP) is 1.18. The summed E-state index contributed by atoms with van der Waals surface area (Å²) in [6, 6.07) is 7.32. The van der Waals surface area contributed by atoms with Gasteiger partial charge in [0.2, 0.25) is 17.1 Å². The molecule has 29 heavy (non-hydrogen) atoms. The number of fused-ring (bicyclic) bond motifs is 1. The molecule has 1 N–H and O–H groups in total. The van der Waals surface area contributed by atoms with Crippen LogP contribution in [0.25, 0.3) is 0 Å². The van der Waals surface area contributed by atoms with Crippen molar-refractivity contribution in [3.05, 3.63) is 24.3 Å². The standard InChI is InChI=1S/C18H21N5O4S2/c1-19-17-20-21-18(29-17)28-11-15(24)22-6-8-23(9-7-22)16(25)14-10-26-12-4-2-3-5-13(12)27-14/h2-5,14H,6-11H2,1H3,(H,19,20)/t14-/m1/s1. The minimum atomic E-state index is -0.651. The van der Waals surface area contributed by atoms with Crippen LogP contribution in [-0.2, 0) is 9.59 Å². The third-order valence-corrected chi connectivity index (χ3v) is 6.73. The number of piperazine rings is 1. The van der Waals surface area contributed by atoms with Crippen molar-refractivity contribution in [2.24, 2.45) is 0 Å². The summed E-state index contributed by atoms with van der Waals surface area (Å²) >= 11 is 2.80. The Hall–Kier alpha value is -2.53. The van der Waals surface area contributed by atoms with E-state index in [0.717, 1.165) is 9.47 Å². The van der Waals surface area contributed by atoms with Crippen LogP contribution in [0.15, 0.2) is 28.6 Å². The van der Waals surface area contributed by atoms with Crippen LogP contribution in [0.3, 0.4) is 0 Å². The Morgan fingerprint density at radius 2 is 1.90 bits per heavy atom. The molecule has 1 aromatic carbocycles. The van der Waals surface area contributed by atoms with E-state index < -0.39 is 6.10 Å². The maximum atomic E-state index is 12.8. The number of nitrogens with zero attached hydrogens (tertiary/aromatic N) is 4. The second-order valence-electron chi connectivity index (χ2n) is 6.48. The van der Waals surface area contributed by atoms with E-state index in [9.17, 15) is 9.59 Å². The van der Waals surface area contributed by atoms with Crippen molar-refractivity contribution in [1.82, 2.24) is 20.0 Å². The van der Waals surface area contributed by atoms with Crippen LogP contribution < -0.4 is 14.8 Å². The molecule has 1 saturated heterocycles. The normalized spacial score (nSPS) is 18.4. The summed E-state index contributed by atoms with van der Waals surface area (Å²) in [5, 5.41) is 11.6. The van der Waals surface area contributed by atoms with E-state index in [1.807, 2.05) is 18.2 Å². The number of aromatic nitrogens is 2. The Morgan fingerprint density at radius 1 is 1.17 bits per heavy atom. The molecule has 2 amide bonds. The lowest BCUT2D eigenvalue weighted by atomic mass is 10.2. The molecule has 1 aromatic heterocycles. The number of ether oxygens (including phenoxy) is 2. The third-order valence-electron chi connectivity index (χ3n) is 4.67. The van der Waals surface area contributed by atoms with Crippen molar-refractivity contribution in [1.29, 1.82) is 0 Å². The number of benzene rings is 1. The Kier molecular flexibility index (Phi) is 6.05. The average molecular weight is 436 g/mol. The van der Waals surface area contributed by atoms with Gasteiger partial charge in [-0.25, -0.2) is 0 Å². The summed E-state index contributed by atoms with van der Waals surface area (Å²) in [7, 11) is 1.78. The highest BCUT2D eigenvalue weighted by atomic mass is 32.2. The fourth-order valence-corrected chi connectivity index (χ4v) is 4.71. The summed E-state index contributed by atoms with van der Waals surface area (Å²) in [5.74, 6) is 1.48. The van der Waals surface area contributed by atoms with Gasteiger partial charge in [0, 0.05) is 33.2 Å². The van der Waals surface area contributed by atoms with E-state index in [0.29, 0.717) is 43.4 Å². The number of nitrogens with one attached hydrogen (secondary N) is 1. The highest BCUT2D eigenvalue weighted by Gasteiger charge is 2.33. The molecule has 2 aromatic rings. The quantitative estimate of drug-likeness (QED) is 0.700. The number of rotatable bonds is 5. The van der Waals surface area contributed by atoms with Gasteiger partial charge >= 0.3 is 0 Å². The second-order valence-corrected chi connectivity index (χ2v) is 8.68. The molecule has 2 aliphatic rings. The fraction of sp³-hybridized carbons (Fsp3) is 0.444. The topological polar surface area (TPSA) is 96.9 Å². The fourth-order valence-electron chi connectivity index (χ4n) is 3.10. The van der Waals surface area contributed by atoms with Crippen LogP contribution in [-0.4, -0.2) is 83.5 Å². The monoisotopic (exact) mass is 435 g/mol. The molecule has 11 heteroatoms. The van der Waals surface area contributed by atoms with Crippen molar-refractivity contribution in [3.8, 4) is 11.5 Å². The SMILES string of the molecule is CNc1nnc(SCC(=O)N2CCN(C(=O)[C@H]3COc4ccccc4O3)CC2)s1. The summed E-state index contributed by atoms with van der Waals surface area (Å²) in [5.41, 5.74) is 0. The zero-order valence-electron chi connectivity index (χ0n) is 15.9. The molecule has 9 nitrogen and oxygen atoms in total. The number of para-hydroxylation sites is 2. The van der Waals surface area contributed by atoms with Gasteiger partial charge in [0.15, 0.2) is 15.8 Å². The lowest BCUT2D eigenvalue weighted by molar-refractivity contribution is -0.145. The molecule has 0 radical (unpaired) electrons. The molecule has 4 rings (SSSR count). The molecule has 0 bridgehead atoms. The largest absolute Gasteiger partial charge is 0.485 e. The summed E-state index contributed by atoms with van der Waals surface area (Å²) in [6.45, 7) is 2.18. The van der Waals surface area contributed by atoms with Crippen molar-refractivity contribution < 1.29 is 19.1 Å². The maximum Gasteiger partial charge on any atom is 0.267 e. The van der Waals surface area contributed by atoms with Gasteiger partial charge in [-0.15, -0.1) is 10.2 Å². The van der Waals surface area contributed by atoms with Crippen LogP contribution >= 0.6 is 23.1 Å². The smallest absolute Gasteiger partial charge is 0.267 e. The maximum absolute atomic E-state index is 12.8. The number of hydrogen-bond acceptors (Lipinski definition) is 9. The number of anilines is 1. The number of carbonyl (C=O) groups excluding carboxylic acids is 2. The molecule has 154 valence electrons. The third kappa shape index (κ3) is 4.56. The van der Waals surface area contributed by atoms with E-state index in [-0.39, 0.29) is 18.4 Å². The summed E-state index contributed by atoms with van der Waals surface area (Å²) < 4.78 is 12.2. The first-order valence-electron chi connectivity index (χ1n) is 9.23. The average Bonchev–Trinajstić information content (AvgIpc) is 3.25. The van der Waals surface area contributed by atoms with Gasteiger partial charge in [0.05, 0.1) is 5.75 Å². The first-order chi connectivity index (χ1) is 14.1. The van der Waals surface area contributed by atoms with E-state index in [4.69, 9.17) is 9.47 Å². The molecular formula is C18H21N5O4S2. The summed E-state index contributed by atoms with van der Waals surface area (Å²) in [6.07, 6.45) is -0.651. The zero-order valence-corrected chi connectivity index (χ0v) is 17.5. The van der Waals surface area contributed by atoms with E-state index >= 15 is 0 Å². The predicted molar refractivity (Wildman–Crippen MR) is 110 cm³/mol. The van der Waals surface area contributed by atoms with Crippen molar-refractivity contribution in [3.63, 3.8) is 0 Å². The molecular weight excluding hydrogens is 414 g/mol. The van der Waals surface area contributed by atoms with Gasteiger partial charge in [-0.1, -0.05) is 35.2 Å². The molecule has 0 saturated carbocycles. The van der Waals surface area contributed by atoms with Gasteiger partial charge in [-0.05, 0) is 12.1 Å². The minimum Gasteiger partial charge on any atom is -0.485 e. The minimum absolute atomic E-state index is 0.0366. The molecule has 1 fully saturated rings. The van der Waals surface area contributed by atoms with Gasteiger partial charge in [0.1, 0.15) is 6.61 Å². The van der Waals surface area contributed by atoms with Crippen molar-refractivity contribution in [2.45, 2.75) is 10.4 Å². The van der Waals surface area contributed by atoms with Crippen LogP contribution in [0.2, 0.25) is 0 Å². The summed E-state index contributed by atoms with van der Waals surface area (Å²) in [4.78, 5) is 28.8. The second kappa shape index (κ2) is 8.87. The molecule has 3 heterocycles. The molecule has 0 aliphatic carbocycles. The van der Waals surface area contributed by atoms with E-state index in [1.165, 1.54) is 23.1 Å². The first kappa shape index (κ1) is 19.8. The number of thioether (sulfide) groups is 1. The lowest BCUT2D eigenvalue weighted by Crippen LogP contribution is -2.55. The van der Waals surface area contributed by atoms with Crippen LogP contribution in [0.1, 0.15) is 0 Å². The van der Waals surface area contributed by atoms with Crippen LogP contribution in [0.4, 0.5) is 5.13 Å². The number of hydrogen-bond donors (Lipinski definition) is 1. The Labute approximate surface area is 176 Å². The Morgan fingerprint density at radius 3 is 2.62 bits per heavy atom. The van der Waals surface area contributed by atoms with Gasteiger partial charge in [-0.3, -0.25) is 9.59 Å². The molecule has 0 spiro atoms. The van der Waals surface area contributed by atoms with Gasteiger partial charge in [-0.2, -0.15) is 0 Å². The first-order valence-corrected chi connectivity index (χ1v) is 11.0. The zero-order chi connectivity index (χ0) is 20.2. The molecule has 0 unspecified atom stereocenters. The lowest BCUT2D eigenvalue weighted by Gasteiger charge is -2.37. The molecule has 2 aliphatic heterocycles. The highest BCUT2D eigenvalue weighted by molar-refractivity contribution is 8.01. The van der Waals surface area contributed by atoms with Crippen molar-refractivity contribution in [2.75, 3.05) is 50.9 Å². The number of amides is 2. The van der Waals surface area contributed by atoms with Gasteiger partial charge < -0.3 is 24.6 Å². The Bertz CT molecular complexity index is 885. The number of carbonyl (C=O) groups is 2. The molecule has 1 atom stereocenters. The Balaban J connectivity index is 1.24. The van der Waals surface area contributed by atoms with Crippen LogP contribution in [0.5, 0.6) is 11.5 Å².